The van der Waals surface area contributed by atoms with E-state index in [1.807, 2.05) is 6.92 Å². The number of nitrogens with zero attached hydrogens (tertiary/aromatic N) is 1. The summed E-state index contributed by atoms with van der Waals surface area (Å²) in [6, 6.07) is 9.20. The van der Waals surface area contributed by atoms with Crippen molar-refractivity contribution >= 4 is 25.5 Å². The van der Waals surface area contributed by atoms with Gasteiger partial charge in [-0.05, 0) is 37.6 Å². The van der Waals surface area contributed by atoms with Gasteiger partial charge in [-0.2, -0.15) is 0 Å². The van der Waals surface area contributed by atoms with Gasteiger partial charge in [-0.15, -0.1) is 0 Å². The number of aliphatic hydroxyl groups is 1. The second kappa shape index (κ2) is 6.81. The van der Waals surface area contributed by atoms with Gasteiger partial charge in [-0.3, -0.25) is 4.31 Å². The minimum Gasteiger partial charge on any atom is -0.508 e. The molecule has 7 nitrogen and oxygen atoms in total. The number of aromatic hydroxyl groups is 1. The van der Waals surface area contributed by atoms with Crippen LogP contribution in [0.4, 0.5) is 5.69 Å². The average molecular weight is 412 g/mol. The molecule has 2 aromatic rings. The minimum atomic E-state index is -4.19. The highest BCUT2D eigenvalue weighted by molar-refractivity contribution is 7.93. The molecule has 0 spiro atoms. The van der Waals surface area contributed by atoms with Crippen LogP contribution in [0.5, 0.6) is 5.75 Å². The Morgan fingerprint density at radius 1 is 1.07 bits per heavy atom. The molecular weight excluding hydrogens is 390 g/mol. The van der Waals surface area contributed by atoms with Crippen molar-refractivity contribution in [2.75, 3.05) is 15.8 Å². The molecule has 3 rings (SSSR count). The monoisotopic (exact) mass is 411 g/mol. The first kappa shape index (κ1) is 19.7. The van der Waals surface area contributed by atoms with Crippen LogP contribution in [0.15, 0.2) is 47.4 Å². The average Bonchev–Trinajstić information content (AvgIpc) is 2.79. The van der Waals surface area contributed by atoms with Gasteiger partial charge in [-0.1, -0.05) is 23.8 Å². The zero-order chi connectivity index (χ0) is 20.0. The second-order valence-electron chi connectivity index (χ2n) is 6.80. The number of aliphatic hydroxyl groups excluding tert-OH is 1. The molecule has 1 aliphatic rings. The van der Waals surface area contributed by atoms with Crippen molar-refractivity contribution in [2.45, 2.75) is 30.9 Å². The molecule has 0 unspecified atom stereocenters. The number of sulfonamides is 1. The number of sulfone groups is 1. The summed E-state index contributed by atoms with van der Waals surface area (Å²) in [5.74, 6) is -1.16. The lowest BCUT2D eigenvalue weighted by Gasteiger charge is -2.32. The van der Waals surface area contributed by atoms with Gasteiger partial charge in [0.05, 0.1) is 34.2 Å². The van der Waals surface area contributed by atoms with E-state index in [-0.39, 0.29) is 16.3 Å². The van der Waals surface area contributed by atoms with Gasteiger partial charge in [0.15, 0.2) is 9.84 Å². The van der Waals surface area contributed by atoms with Gasteiger partial charge in [-0.25, -0.2) is 16.8 Å². The second-order valence-corrected chi connectivity index (χ2v) is 10.7. The Balaban J connectivity index is 2.21. The molecule has 1 aliphatic heterocycles. The van der Waals surface area contributed by atoms with Gasteiger partial charge in [0, 0.05) is 6.07 Å². The summed E-state index contributed by atoms with van der Waals surface area (Å²) in [6.07, 6.45) is -1.36. The fourth-order valence-corrected chi connectivity index (χ4v) is 7.11. The predicted octanol–water partition coefficient (Wildman–Crippen LogP) is 1.36. The summed E-state index contributed by atoms with van der Waals surface area (Å²) in [5, 5.41) is 20.1. The number of rotatable bonds is 4. The normalized spacial score (nSPS) is 21.9. The Bertz CT molecular complexity index is 1080. The molecule has 0 amide bonds. The van der Waals surface area contributed by atoms with Crippen LogP contribution in [0.3, 0.4) is 0 Å². The summed E-state index contributed by atoms with van der Waals surface area (Å²) >= 11 is 0. The third kappa shape index (κ3) is 3.80. The molecule has 0 saturated carbocycles. The van der Waals surface area contributed by atoms with Crippen LogP contribution < -0.4 is 4.31 Å². The van der Waals surface area contributed by atoms with Crippen LogP contribution in [0.1, 0.15) is 11.1 Å². The smallest absolute Gasteiger partial charge is 0.264 e. The van der Waals surface area contributed by atoms with E-state index in [0.717, 1.165) is 9.87 Å². The molecule has 2 atom stereocenters. The first-order valence-electron chi connectivity index (χ1n) is 8.30. The molecule has 27 heavy (non-hydrogen) atoms. The summed E-state index contributed by atoms with van der Waals surface area (Å²) in [6.45, 7) is 3.49. The molecule has 0 aliphatic carbocycles. The zero-order valence-electron chi connectivity index (χ0n) is 14.9. The number of phenolic OH excluding ortho intramolecular Hbond substituents is 1. The first-order chi connectivity index (χ1) is 12.5. The van der Waals surface area contributed by atoms with Crippen molar-refractivity contribution in [3.63, 3.8) is 0 Å². The highest BCUT2D eigenvalue weighted by atomic mass is 32.2. The van der Waals surface area contributed by atoms with Crippen LogP contribution in [-0.4, -0.2) is 50.7 Å². The molecule has 2 aromatic carbocycles. The van der Waals surface area contributed by atoms with Crippen LogP contribution in [0.25, 0.3) is 0 Å². The van der Waals surface area contributed by atoms with Crippen molar-refractivity contribution < 1.29 is 27.0 Å². The lowest BCUT2D eigenvalue weighted by molar-refractivity contribution is 0.184. The first-order valence-corrected chi connectivity index (χ1v) is 11.6. The Hall–Kier alpha value is -2.10. The number of benzene rings is 2. The highest BCUT2D eigenvalue weighted by Crippen LogP contribution is 2.33. The zero-order valence-corrected chi connectivity index (χ0v) is 16.5. The number of phenols is 1. The number of hydrogen-bond acceptors (Lipinski definition) is 6. The Morgan fingerprint density at radius 3 is 2.33 bits per heavy atom. The van der Waals surface area contributed by atoms with Crippen LogP contribution in [0.2, 0.25) is 0 Å². The molecular formula is C18H21NO6S2. The molecule has 1 heterocycles. The molecule has 146 valence electrons. The Labute approximate surface area is 158 Å². The largest absolute Gasteiger partial charge is 0.508 e. The van der Waals surface area contributed by atoms with Crippen molar-refractivity contribution in [2.24, 2.45) is 0 Å². The van der Waals surface area contributed by atoms with Gasteiger partial charge in [0.1, 0.15) is 5.75 Å². The van der Waals surface area contributed by atoms with Crippen molar-refractivity contribution in [1.82, 2.24) is 0 Å². The van der Waals surface area contributed by atoms with E-state index in [1.54, 1.807) is 19.1 Å². The van der Waals surface area contributed by atoms with E-state index in [9.17, 15) is 27.0 Å². The van der Waals surface area contributed by atoms with Gasteiger partial charge in [0.2, 0.25) is 0 Å². The fraction of sp³-hybridized carbons (Fsp3) is 0.333. The van der Waals surface area contributed by atoms with Gasteiger partial charge in [0.25, 0.3) is 10.0 Å². The molecule has 0 radical (unpaired) electrons. The van der Waals surface area contributed by atoms with Crippen molar-refractivity contribution in [1.29, 1.82) is 0 Å². The number of anilines is 1. The maximum Gasteiger partial charge on any atom is 0.264 e. The SMILES string of the molecule is Cc1ccc(S(=O)(=O)N(c2cccc(O)c2)[C@H]2CS(=O)(=O)C[C@@H]2O)c(C)c1. The molecule has 0 aromatic heterocycles. The summed E-state index contributed by atoms with van der Waals surface area (Å²) in [5.41, 5.74) is 1.49. The van der Waals surface area contributed by atoms with Crippen LogP contribution in [-0.2, 0) is 19.9 Å². The molecule has 0 bridgehead atoms. The van der Waals surface area contributed by atoms with E-state index in [2.05, 4.69) is 0 Å². The van der Waals surface area contributed by atoms with E-state index in [4.69, 9.17) is 0 Å². The number of aryl methyl sites for hydroxylation is 2. The van der Waals surface area contributed by atoms with E-state index in [1.165, 1.54) is 30.3 Å². The van der Waals surface area contributed by atoms with Crippen LogP contribution >= 0.6 is 0 Å². The third-order valence-corrected chi connectivity index (χ3v) is 8.26. The van der Waals surface area contributed by atoms with Crippen molar-refractivity contribution in [3.05, 3.63) is 53.6 Å². The predicted molar refractivity (Wildman–Crippen MR) is 102 cm³/mol. The summed E-state index contributed by atoms with van der Waals surface area (Å²) < 4.78 is 51.8. The molecule has 9 heteroatoms. The highest BCUT2D eigenvalue weighted by Gasteiger charge is 2.45. The van der Waals surface area contributed by atoms with Crippen LogP contribution in [0, 0.1) is 13.8 Å². The quantitative estimate of drug-likeness (QED) is 0.786. The Kier molecular flexibility index (Phi) is 4.96. The topological polar surface area (TPSA) is 112 Å². The standard InChI is InChI=1S/C18H21NO6S2/c1-12-6-7-18(13(2)8-12)27(24,25)19(14-4-3-5-15(20)9-14)16-10-26(22,23)11-17(16)21/h3-9,16-17,20-21H,10-11H2,1-2H3/t16-,17-/m0/s1. The molecule has 2 N–H and O–H groups in total. The Morgan fingerprint density at radius 2 is 1.78 bits per heavy atom. The van der Waals surface area contributed by atoms with Gasteiger partial charge < -0.3 is 10.2 Å². The maximum atomic E-state index is 13.5. The number of hydrogen-bond donors (Lipinski definition) is 2. The minimum absolute atomic E-state index is 0.0212. The maximum absolute atomic E-state index is 13.5. The van der Waals surface area contributed by atoms with E-state index >= 15 is 0 Å². The molecule has 1 saturated heterocycles. The van der Waals surface area contributed by atoms with E-state index < -0.39 is 43.5 Å². The van der Waals surface area contributed by atoms with E-state index in [0.29, 0.717) is 5.56 Å². The van der Waals surface area contributed by atoms with Crippen molar-refractivity contribution in [3.8, 4) is 5.75 Å². The lowest BCUT2D eigenvalue weighted by Crippen LogP contribution is -2.47. The summed E-state index contributed by atoms with van der Waals surface area (Å²) in [7, 11) is -7.77. The third-order valence-electron chi connectivity index (χ3n) is 4.55. The summed E-state index contributed by atoms with van der Waals surface area (Å²) in [4.78, 5) is 0.0212. The molecule has 1 fully saturated rings. The lowest BCUT2D eigenvalue weighted by atomic mass is 10.2. The fourth-order valence-electron chi connectivity index (χ4n) is 3.37. The van der Waals surface area contributed by atoms with Gasteiger partial charge >= 0.3 is 0 Å².